The van der Waals surface area contributed by atoms with Crippen LogP contribution in [0.1, 0.15) is 27.7 Å². The molecule has 0 rings (SSSR count). The second kappa shape index (κ2) is 11.2. The Morgan fingerprint density at radius 1 is 1.27 bits per heavy atom. The average molecular weight is 218 g/mol. The molecule has 15 heavy (non-hydrogen) atoms. The predicted molar refractivity (Wildman–Crippen MR) is 59.5 cm³/mol. The highest BCUT2D eigenvalue weighted by Gasteiger charge is 1.95. The Kier molecular flexibility index (Phi) is 12.4. The minimum atomic E-state index is -0.347. The maximum Gasteiger partial charge on any atom is 0.332 e. The van der Waals surface area contributed by atoms with Crippen LogP contribution < -0.4 is 0 Å². The van der Waals surface area contributed by atoms with E-state index in [1.807, 2.05) is 20.8 Å². The lowest BCUT2D eigenvalue weighted by Crippen LogP contribution is -2.11. The number of methoxy groups -OCH3 is 1. The van der Waals surface area contributed by atoms with Gasteiger partial charge in [0.25, 0.3) is 0 Å². The number of carbonyl (C=O) groups is 1. The number of hydrogen-bond acceptors (Lipinski definition) is 4. The van der Waals surface area contributed by atoms with Crippen LogP contribution in [-0.2, 0) is 19.0 Å². The zero-order chi connectivity index (χ0) is 12.3. The molecule has 0 N–H and O–H groups in total. The van der Waals surface area contributed by atoms with Gasteiger partial charge in [-0.1, -0.05) is 6.58 Å². The Morgan fingerprint density at radius 3 is 1.80 bits per heavy atom. The lowest BCUT2D eigenvalue weighted by molar-refractivity contribution is -0.136. The summed E-state index contributed by atoms with van der Waals surface area (Å²) in [4.78, 5) is 10.2. The maximum absolute atomic E-state index is 10.2. The summed E-state index contributed by atoms with van der Waals surface area (Å²) >= 11 is 0. The SMILES string of the molecule is C=C(C)C(=O)OC.CCOC(C)OCC. The Bertz CT molecular complexity index is 171. The van der Waals surface area contributed by atoms with Crippen LogP contribution in [0.25, 0.3) is 0 Å². The van der Waals surface area contributed by atoms with Crippen LogP contribution in [0.2, 0.25) is 0 Å². The third-order valence-corrected chi connectivity index (χ3v) is 1.34. The van der Waals surface area contributed by atoms with Crippen molar-refractivity contribution in [1.82, 2.24) is 0 Å². The van der Waals surface area contributed by atoms with Crippen molar-refractivity contribution in [3.05, 3.63) is 12.2 Å². The van der Waals surface area contributed by atoms with Gasteiger partial charge in [-0.05, 0) is 27.7 Å². The fraction of sp³-hybridized carbons (Fsp3) is 0.727. The van der Waals surface area contributed by atoms with Gasteiger partial charge in [-0.2, -0.15) is 0 Å². The summed E-state index contributed by atoms with van der Waals surface area (Å²) in [7, 11) is 1.33. The fourth-order valence-corrected chi connectivity index (χ4v) is 0.692. The van der Waals surface area contributed by atoms with Gasteiger partial charge in [0.15, 0.2) is 6.29 Å². The Morgan fingerprint density at radius 2 is 1.67 bits per heavy atom. The summed E-state index contributed by atoms with van der Waals surface area (Å²) in [6.45, 7) is 12.2. The van der Waals surface area contributed by atoms with E-state index in [4.69, 9.17) is 9.47 Å². The van der Waals surface area contributed by atoms with Gasteiger partial charge in [-0.3, -0.25) is 0 Å². The van der Waals surface area contributed by atoms with E-state index in [1.165, 1.54) is 7.11 Å². The summed E-state index contributed by atoms with van der Waals surface area (Å²) in [6.07, 6.45) is -0.0370. The first-order chi connectivity index (χ1) is 6.99. The Balaban J connectivity index is 0. The molecule has 0 bridgehead atoms. The molecule has 0 aromatic carbocycles. The van der Waals surface area contributed by atoms with Gasteiger partial charge in [-0.25, -0.2) is 4.79 Å². The number of ether oxygens (including phenoxy) is 3. The minimum absolute atomic E-state index is 0.0370. The molecule has 0 unspecified atom stereocenters. The van der Waals surface area contributed by atoms with Crippen molar-refractivity contribution >= 4 is 5.97 Å². The average Bonchev–Trinajstić information content (AvgIpc) is 2.18. The first-order valence-corrected chi connectivity index (χ1v) is 4.96. The highest BCUT2D eigenvalue weighted by Crippen LogP contribution is 1.90. The van der Waals surface area contributed by atoms with Crippen molar-refractivity contribution in [3.63, 3.8) is 0 Å². The highest BCUT2D eigenvalue weighted by molar-refractivity contribution is 5.86. The molecule has 0 aromatic rings. The van der Waals surface area contributed by atoms with Crippen molar-refractivity contribution in [2.24, 2.45) is 0 Å². The molecule has 0 heterocycles. The monoisotopic (exact) mass is 218 g/mol. The molecule has 0 atom stereocenters. The number of carbonyl (C=O) groups excluding carboxylic acids is 1. The topological polar surface area (TPSA) is 44.8 Å². The lowest BCUT2D eigenvalue weighted by Gasteiger charge is -2.09. The van der Waals surface area contributed by atoms with E-state index in [2.05, 4.69) is 11.3 Å². The first kappa shape index (κ1) is 16.6. The first-order valence-electron chi connectivity index (χ1n) is 4.96. The van der Waals surface area contributed by atoms with E-state index in [9.17, 15) is 4.79 Å². The standard InChI is InChI=1S/C6H14O2.C5H8O2/c1-4-7-6(3)8-5-2;1-4(2)5(6)7-3/h6H,4-5H2,1-3H3;1H2,2-3H3. The van der Waals surface area contributed by atoms with E-state index in [-0.39, 0.29) is 12.3 Å². The molecular weight excluding hydrogens is 196 g/mol. The zero-order valence-electron chi connectivity index (χ0n) is 10.3. The van der Waals surface area contributed by atoms with Gasteiger partial charge in [0.1, 0.15) is 0 Å². The fourth-order valence-electron chi connectivity index (χ4n) is 0.692. The van der Waals surface area contributed by atoms with E-state index in [0.717, 1.165) is 13.2 Å². The second-order valence-corrected chi connectivity index (χ2v) is 2.75. The molecule has 0 fully saturated rings. The van der Waals surface area contributed by atoms with Gasteiger partial charge >= 0.3 is 5.97 Å². The molecule has 0 saturated carbocycles. The van der Waals surface area contributed by atoms with Crippen molar-refractivity contribution in [2.75, 3.05) is 20.3 Å². The molecule has 0 spiro atoms. The molecule has 90 valence electrons. The largest absolute Gasteiger partial charge is 0.466 e. The van der Waals surface area contributed by atoms with E-state index < -0.39 is 0 Å². The van der Waals surface area contributed by atoms with Gasteiger partial charge in [0.2, 0.25) is 0 Å². The van der Waals surface area contributed by atoms with E-state index >= 15 is 0 Å². The summed E-state index contributed by atoms with van der Waals surface area (Å²) in [5.74, 6) is -0.347. The van der Waals surface area contributed by atoms with Crippen LogP contribution in [0, 0.1) is 0 Å². The quantitative estimate of drug-likeness (QED) is 0.403. The second-order valence-electron chi connectivity index (χ2n) is 2.75. The summed E-state index contributed by atoms with van der Waals surface area (Å²) < 4.78 is 14.4. The molecule has 4 heteroatoms. The Labute approximate surface area is 92.2 Å². The molecule has 4 nitrogen and oxygen atoms in total. The summed E-state index contributed by atoms with van der Waals surface area (Å²) in [6, 6.07) is 0. The zero-order valence-corrected chi connectivity index (χ0v) is 10.3. The smallest absolute Gasteiger partial charge is 0.332 e. The minimum Gasteiger partial charge on any atom is -0.466 e. The number of rotatable bonds is 5. The molecule has 0 aromatic heterocycles. The van der Waals surface area contributed by atoms with Crippen LogP contribution >= 0.6 is 0 Å². The molecule has 0 aliphatic heterocycles. The van der Waals surface area contributed by atoms with E-state index in [0.29, 0.717) is 5.57 Å². The van der Waals surface area contributed by atoms with Gasteiger partial charge < -0.3 is 14.2 Å². The van der Waals surface area contributed by atoms with Crippen LogP contribution in [-0.4, -0.2) is 32.6 Å². The van der Waals surface area contributed by atoms with Crippen LogP contribution in [0.3, 0.4) is 0 Å². The van der Waals surface area contributed by atoms with Gasteiger partial charge in [0.05, 0.1) is 7.11 Å². The molecular formula is C11H22O4. The van der Waals surface area contributed by atoms with Crippen LogP contribution in [0.4, 0.5) is 0 Å². The predicted octanol–water partition coefficient (Wildman–Crippen LogP) is 2.14. The molecule has 0 aliphatic rings. The van der Waals surface area contributed by atoms with Gasteiger partial charge in [0, 0.05) is 18.8 Å². The molecule has 0 amide bonds. The molecule has 0 saturated heterocycles. The molecule has 0 aliphatic carbocycles. The Hall–Kier alpha value is -0.870. The van der Waals surface area contributed by atoms with E-state index in [1.54, 1.807) is 6.92 Å². The van der Waals surface area contributed by atoms with Crippen molar-refractivity contribution in [1.29, 1.82) is 0 Å². The lowest BCUT2D eigenvalue weighted by atomic mass is 10.4. The summed E-state index contributed by atoms with van der Waals surface area (Å²) in [5, 5.41) is 0. The highest BCUT2D eigenvalue weighted by atomic mass is 16.7. The maximum atomic E-state index is 10.2. The van der Waals surface area contributed by atoms with Gasteiger partial charge in [-0.15, -0.1) is 0 Å². The number of esters is 1. The number of hydrogen-bond donors (Lipinski definition) is 0. The molecule has 0 radical (unpaired) electrons. The van der Waals surface area contributed by atoms with Crippen molar-refractivity contribution < 1.29 is 19.0 Å². The van der Waals surface area contributed by atoms with Crippen LogP contribution in [0.15, 0.2) is 12.2 Å². The summed E-state index contributed by atoms with van der Waals surface area (Å²) in [5.41, 5.74) is 0.433. The van der Waals surface area contributed by atoms with Crippen LogP contribution in [0.5, 0.6) is 0 Å². The normalized spacial score (nSPS) is 9.20. The third kappa shape index (κ3) is 13.1. The van der Waals surface area contributed by atoms with Crippen molar-refractivity contribution in [2.45, 2.75) is 34.0 Å². The van der Waals surface area contributed by atoms with Crippen molar-refractivity contribution in [3.8, 4) is 0 Å². The third-order valence-electron chi connectivity index (χ3n) is 1.34.